The summed E-state index contributed by atoms with van der Waals surface area (Å²) in [5.74, 6) is -2.72. The minimum Gasteiger partial charge on any atom is -0.363 e. The van der Waals surface area contributed by atoms with E-state index in [2.05, 4.69) is 30.2 Å². The summed E-state index contributed by atoms with van der Waals surface area (Å²) in [6.07, 6.45) is 3.01. The molecule has 3 rings (SSSR count). The monoisotopic (exact) mass is 366 g/mol. The number of rotatable bonds is 7. The van der Waals surface area contributed by atoms with Crippen molar-refractivity contribution in [1.82, 2.24) is 25.6 Å². The number of hydrogen-bond acceptors (Lipinski definition) is 8. The van der Waals surface area contributed by atoms with E-state index in [0.29, 0.717) is 0 Å². The smallest absolute Gasteiger partial charge is 0.287 e. The van der Waals surface area contributed by atoms with Crippen LogP contribution in [0.15, 0.2) is 53.4 Å². The zero-order valence-electron chi connectivity index (χ0n) is 13.9. The van der Waals surface area contributed by atoms with Crippen molar-refractivity contribution < 1.29 is 19.0 Å². The zero-order valence-corrected chi connectivity index (χ0v) is 13.9. The van der Waals surface area contributed by atoms with Crippen LogP contribution in [0.2, 0.25) is 0 Å². The molecule has 0 aliphatic rings. The van der Waals surface area contributed by atoms with E-state index in [-0.39, 0.29) is 23.6 Å². The lowest BCUT2D eigenvalue weighted by Crippen LogP contribution is -2.47. The van der Waals surface area contributed by atoms with Gasteiger partial charge in [-0.3, -0.25) is 14.4 Å². The van der Waals surface area contributed by atoms with Gasteiger partial charge in [0.2, 0.25) is 11.5 Å². The van der Waals surface area contributed by atoms with Crippen LogP contribution in [0.4, 0.5) is 0 Å². The molecule has 0 bridgehead atoms. The number of nitrogens with one attached hydrogen (secondary N) is 1. The van der Waals surface area contributed by atoms with E-state index in [9.17, 15) is 14.4 Å². The lowest BCUT2D eigenvalue weighted by molar-refractivity contribution is -0.137. The van der Waals surface area contributed by atoms with Crippen LogP contribution in [-0.4, -0.2) is 43.9 Å². The highest BCUT2D eigenvalue weighted by atomic mass is 16.6. The normalized spacial score (nSPS) is 11.6. The fraction of sp³-hybridized carbons (Fsp3) is 0.118. The molecule has 0 radical (unpaired) electrons. The average Bonchev–Trinajstić information content (AvgIpc) is 3.18. The minimum atomic E-state index is -1.17. The first-order valence-electron chi connectivity index (χ1n) is 7.84. The van der Waals surface area contributed by atoms with Gasteiger partial charge in [-0.1, -0.05) is 30.3 Å². The number of amides is 2. The Morgan fingerprint density at radius 3 is 2.41 bits per heavy atom. The van der Waals surface area contributed by atoms with Gasteiger partial charge in [0.15, 0.2) is 11.5 Å². The van der Waals surface area contributed by atoms with Crippen molar-refractivity contribution in [2.75, 3.05) is 0 Å². The second-order valence-electron chi connectivity index (χ2n) is 5.48. The third kappa shape index (κ3) is 4.18. The highest BCUT2D eigenvalue weighted by Crippen LogP contribution is 2.15. The maximum atomic E-state index is 12.6. The summed E-state index contributed by atoms with van der Waals surface area (Å²) in [4.78, 5) is 44.0. The second-order valence-corrected chi connectivity index (χ2v) is 5.48. The fourth-order valence-electron chi connectivity index (χ4n) is 2.36. The molecule has 2 aromatic heterocycles. The maximum absolute atomic E-state index is 12.6. The Hall–Kier alpha value is -3.95. The molecule has 10 heteroatoms. The van der Waals surface area contributed by atoms with E-state index in [1.807, 2.05) is 0 Å². The molecule has 27 heavy (non-hydrogen) atoms. The highest BCUT2D eigenvalue weighted by Gasteiger charge is 2.29. The van der Waals surface area contributed by atoms with E-state index < -0.39 is 23.6 Å². The van der Waals surface area contributed by atoms with E-state index in [4.69, 9.17) is 5.73 Å². The second kappa shape index (κ2) is 7.95. The lowest BCUT2D eigenvalue weighted by Gasteiger charge is -2.15. The van der Waals surface area contributed by atoms with Crippen LogP contribution in [-0.2, 0) is 16.0 Å². The zero-order chi connectivity index (χ0) is 19.2. The molecular weight excluding hydrogens is 352 g/mol. The van der Waals surface area contributed by atoms with Gasteiger partial charge in [-0.25, -0.2) is 14.6 Å². The third-order valence-corrected chi connectivity index (χ3v) is 3.63. The third-order valence-electron chi connectivity index (χ3n) is 3.63. The predicted octanol–water partition coefficient (Wildman–Crippen LogP) is -0.0779. The number of benzene rings is 1. The van der Waals surface area contributed by atoms with Crippen molar-refractivity contribution in [3.05, 3.63) is 60.0 Å². The number of nitrogens with two attached hydrogens (primary N) is 1. The van der Waals surface area contributed by atoms with Gasteiger partial charge < -0.3 is 11.1 Å². The van der Waals surface area contributed by atoms with Gasteiger partial charge in [0.1, 0.15) is 6.04 Å². The summed E-state index contributed by atoms with van der Waals surface area (Å²) in [5.41, 5.74) is 5.64. The minimum absolute atomic E-state index is 0.0121. The maximum Gasteiger partial charge on any atom is 0.287 e. The topological polar surface area (TPSA) is 154 Å². The largest absolute Gasteiger partial charge is 0.363 e. The first kappa shape index (κ1) is 17.9. The average molecular weight is 366 g/mol. The van der Waals surface area contributed by atoms with Crippen LogP contribution in [0.1, 0.15) is 16.1 Å². The molecule has 0 aliphatic heterocycles. The van der Waals surface area contributed by atoms with E-state index in [1.54, 1.807) is 36.4 Å². The van der Waals surface area contributed by atoms with Crippen LogP contribution in [0.3, 0.4) is 0 Å². The summed E-state index contributed by atoms with van der Waals surface area (Å²) in [5, 5.41) is 9.63. The Kier molecular flexibility index (Phi) is 5.26. The number of carbonyl (C=O) groups excluding carboxylic acids is 3. The number of carbonyl (C=O) groups is 3. The summed E-state index contributed by atoms with van der Waals surface area (Å²) < 4.78 is 4.61. The molecule has 1 atom stereocenters. The summed E-state index contributed by atoms with van der Waals surface area (Å²) in [6, 6.07) is 9.30. The molecular formula is C17H14N6O4. The molecule has 10 nitrogen and oxygen atoms in total. The Labute approximate surface area is 152 Å². The Bertz CT molecular complexity index is 958. The van der Waals surface area contributed by atoms with Crippen molar-refractivity contribution in [3.8, 4) is 11.5 Å². The summed E-state index contributed by atoms with van der Waals surface area (Å²) >= 11 is 0. The molecule has 2 amide bonds. The fourth-order valence-corrected chi connectivity index (χ4v) is 2.36. The molecule has 2 heterocycles. The van der Waals surface area contributed by atoms with Crippen molar-refractivity contribution in [1.29, 1.82) is 0 Å². The number of primary amides is 1. The van der Waals surface area contributed by atoms with E-state index in [0.717, 1.165) is 5.56 Å². The molecule has 0 saturated carbocycles. The molecule has 0 aliphatic carbocycles. The van der Waals surface area contributed by atoms with Gasteiger partial charge in [0.25, 0.3) is 11.8 Å². The van der Waals surface area contributed by atoms with Gasteiger partial charge in [-0.05, 0) is 21.9 Å². The Morgan fingerprint density at radius 1 is 1.04 bits per heavy atom. The molecule has 3 aromatic rings. The van der Waals surface area contributed by atoms with E-state index >= 15 is 0 Å². The standard InChI is InChI=1S/C17H14N6O4/c18-15(25)14(24)11(9-10-5-2-1-3-6-10)21-17(26)13-12(22-27-23-13)16-19-7-4-8-20-16/h1-8,11H,9H2,(H2,18,25)(H,21,26). The molecule has 0 fully saturated rings. The molecule has 136 valence electrons. The quantitative estimate of drug-likeness (QED) is 0.550. The first-order valence-corrected chi connectivity index (χ1v) is 7.84. The number of ketones is 1. The lowest BCUT2D eigenvalue weighted by atomic mass is 10.0. The summed E-state index contributed by atoms with van der Waals surface area (Å²) in [7, 11) is 0. The van der Waals surface area contributed by atoms with Gasteiger partial charge in [-0.2, -0.15) is 0 Å². The van der Waals surface area contributed by atoms with Gasteiger partial charge in [0, 0.05) is 18.8 Å². The van der Waals surface area contributed by atoms with Crippen molar-refractivity contribution in [2.24, 2.45) is 5.73 Å². The van der Waals surface area contributed by atoms with Crippen LogP contribution in [0.5, 0.6) is 0 Å². The number of aromatic nitrogens is 4. The highest BCUT2D eigenvalue weighted by molar-refractivity contribution is 6.38. The number of Topliss-reactive ketones (excluding diaryl/α,β-unsaturated/α-hetero) is 1. The molecule has 1 aromatic carbocycles. The van der Waals surface area contributed by atoms with Crippen LogP contribution < -0.4 is 11.1 Å². The Balaban J connectivity index is 1.84. The van der Waals surface area contributed by atoms with Gasteiger partial charge >= 0.3 is 0 Å². The van der Waals surface area contributed by atoms with Crippen LogP contribution >= 0.6 is 0 Å². The van der Waals surface area contributed by atoms with Crippen LogP contribution in [0.25, 0.3) is 11.5 Å². The molecule has 0 spiro atoms. The van der Waals surface area contributed by atoms with Crippen molar-refractivity contribution >= 4 is 17.6 Å². The number of nitrogens with zero attached hydrogens (tertiary/aromatic N) is 4. The first-order chi connectivity index (χ1) is 13.1. The van der Waals surface area contributed by atoms with E-state index in [1.165, 1.54) is 12.4 Å². The SMILES string of the molecule is NC(=O)C(=O)C(Cc1ccccc1)NC(=O)c1nonc1-c1ncccn1. The van der Waals surface area contributed by atoms with Crippen LogP contribution in [0, 0.1) is 0 Å². The van der Waals surface area contributed by atoms with Gasteiger partial charge in [0.05, 0.1) is 0 Å². The molecule has 1 unspecified atom stereocenters. The van der Waals surface area contributed by atoms with Crippen molar-refractivity contribution in [2.45, 2.75) is 12.5 Å². The van der Waals surface area contributed by atoms with Gasteiger partial charge in [-0.15, -0.1) is 0 Å². The van der Waals surface area contributed by atoms with Crippen molar-refractivity contribution in [3.63, 3.8) is 0 Å². The molecule has 3 N–H and O–H groups in total. The predicted molar refractivity (Wildman–Crippen MR) is 90.9 cm³/mol. The Morgan fingerprint density at radius 2 is 1.74 bits per heavy atom. The summed E-state index contributed by atoms with van der Waals surface area (Å²) in [6.45, 7) is 0. The molecule has 0 saturated heterocycles. The number of hydrogen-bond donors (Lipinski definition) is 2.